The van der Waals surface area contributed by atoms with Gasteiger partial charge in [0.15, 0.2) is 11.6 Å². The monoisotopic (exact) mass is 272 g/mol. The normalized spacial score (nSPS) is 11.4. The topological polar surface area (TPSA) is 63.8 Å². The number of benzene rings is 1. The molecule has 0 saturated carbocycles. The van der Waals surface area contributed by atoms with Gasteiger partial charge in [-0.05, 0) is 24.3 Å². The molecule has 1 aromatic carbocycles. The number of nitrogens with two attached hydrogens (primary N) is 1. The van der Waals surface area contributed by atoms with E-state index in [-0.39, 0.29) is 11.8 Å². The van der Waals surface area contributed by atoms with Crippen molar-refractivity contribution >= 4 is 17.5 Å². The van der Waals surface area contributed by atoms with Crippen LogP contribution in [0.4, 0.5) is 35.0 Å². The molecule has 0 aliphatic rings. The molecule has 1 aromatic heterocycles. The van der Waals surface area contributed by atoms with Gasteiger partial charge in [0.2, 0.25) is 5.95 Å². The predicted molar refractivity (Wildman–Crippen MR) is 61.1 cm³/mol. The summed E-state index contributed by atoms with van der Waals surface area (Å²) in [7, 11) is 0. The van der Waals surface area contributed by atoms with Crippen molar-refractivity contribution in [1.82, 2.24) is 9.97 Å². The molecule has 8 heteroatoms. The third-order valence-corrected chi connectivity index (χ3v) is 2.24. The molecule has 0 saturated heterocycles. The van der Waals surface area contributed by atoms with E-state index >= 15 is 0 Å². The van der Waals surface area contributed by atoms with Gasteiger partial charge >= 0.3 is 6.18 Å². The summed E-state index contributed by atoms with van der Waals surface area (Å²) in [4.78, 5) is 7.20. The highest BCUT2D eigenvalue weighted by Gasteiger charge is 2.29. The predicted octanol–water partition coefficient (Wildman–Crippen LogP) is 2.96. The molecule has 0 bridgehead atoms. The highest BCUT2D eigenvalue weighted by atomic mass is 19.4. The Morgan fingerprint density at radius 3 is 2.26 bits per heavy atom. The van der Waals surface area contributed by atoms with Crippen LogP contribution in [-0.4, -0.2) is 9.97 Å². The first-order chi connectivity index (χ1) is 8.86. The van der Waals surface area contributed by atoms with E-state index in [2.05, 4.69) is 15.3 Å². The zero-order valence-electron chi connectivity index (χ0n) is 9.37. The SMILES string of the molecule is Nc1nc(Nc2ccc(C(F)(F)F)cc2)ncc1F. The lowest BCUT2D eigenvalue weighted by molar-refractivity contribution is -0.137. The van der Waals surface area contributed by atoms with E-state index in [4.69, 9.17) is 5.73 Å². The molecular weight excluding hydrogens is 264 g/mol. The second-order valence-corrected chi connectivity index (χ2v) is 3.63. The number of alkyl halides is 3. The van der Waals surface area contributed by atoms with Crippen LogP contribution >= 0.6 is 0 Å². The van der Waals surface area contributed by atoms with Crippen molar-refractivity contribution in [2.45, 2.75) is 6.18 Å². The molecule has 100 valence electrons. The van der Waals surface area contributed by atoms with Gasteiger partial charge in [-0.15, -0.1) is 0 Å². The molecule has 1 heterocycles. The van der Waals surface area contributed by atoms with Gasteiger partial charge in [-0.25, -0.2) is 9.37 Å². The van der Waals surface area contributed by atoms with Crippen molar-refractivity contribution in [3.05, 3.63) is 41.8 Å². The maximum Gasteiger partial charge on any atom is 0.416 e. The Hall–Kier alpha value is -2.38. The number of anilines is 3. The van der Waals surface area contributed by atoms with Crippen molar-refractivity contribution in [2.24, 2.45) is 0 Å². The molecular formula is C11H8F4N4. The van der Waals surface area contributed by atoms with E-state index in [0.717, 1.165) is 18.3 Å². The second kappa shape index (κ2) is 4.71. The summed E-state index contributed by atoms with van der Waals surface area (Å²) in [5, 5.41) is 2.61. The number of halogens is 4. The number of nitrogen functional groups attached to an aromatic ring is 1. The number of rotatable bonds is 2. The molecule has 0 unspecified atom stereocenters. The minimum Gasteiger partial charge on any atom is -0.381 e. The van der Waals surface area contributed by atoms with Crippen LogP contribution < -0.4 is 11.1 Å². The molecule has 0 spiro atoms. The van der Waals surface area contributed by atoms with E-state index in [0.29, 0.717) is 5.69 Å². The summed E-state index contributed by atoms with van der Waals surface area (Å²) < 4.78 is 49.8. The minimum absolute atomic E-state index is 0.00124. The highest BCUT2D eigenvalue weighted by molar-refractivity contribution is 5.54. The zero-order chi connectivity index (χ0) is 14.0. The molecule has 2 rings (SSSR count). The van der Waals surface area contributed by atoms with Crippen LogP contribution in [0.1, 0.15) is 5.56 Å². The number of hydrogen-bond donors (Lipinski definition) is 2. The lowest BCUT2D eigenvalue weighted by Crippen LogP contribution is -2.05. The lowest BCUT2D eigenvalue weighted by Gasteiger charge is -2.08. The lowest BCUT2D eigenvalue weighted by atomic mass is 10.2. The molecule has 2 aromatic rings. The van der Waals surface area contributed by atoms with E-state index in [1.165, 1.54) is 12.1 Å². The molecule has 0 fully saturated rings. The van der Waals surface area contributed by atoms with Gasteiger partial charge in [-0.1, -0.05) is 0 Å². The first-order valence-corrected chi connectivity index (χ1v) is 5.08. The molecule has 0 atom stereocenters. The van der Waals surface area contributed by atoms with Crippen molar-refractivity contribution in [3.8, 4) is 0 Å². The fraction of sp³-hybridized carbons (Fsp3) is 0.0909. The standard InChI is InChI=1S/C11H8F4N4/c12-8-5-17-10(19-9(8)16)18-7-3-1-6(2-4-7)11(13,14)15/h1-5H,(H3,16,17,18,19). The summed E-state index contributed by atoms with van der Waals surface area (Å²) in [6, 6.07) is 4.25. The Balaban J connectivity index is 2.17. The van der Waals surface area contributed by atoms with E-state index in [9.17, 15) is 17.6 Å². The van der Waals surface area contributed by atoms with E-state index < -0.39 is 17.6 Å². The van der Waals surface area contributed by atoms with Crippen LogP contribution in [0.15, 0.2) is 30.5 Å². The maximum absolute atomic E-state index is 12.8. The molecule has 0 aliphatic heterocycles. The molecule has 0 aliphatic carbocycles. The number of hydrogen-bond acceptors (Lipinski definition) is 4. The van der Waals surface area contributed by atoms with Crippen LogP contribution in [-0.2, 0) is 6.18 Å². The van der Waals surface area contributed by atoms with Gasteiger partial charge < -0.3 is 11.1 Å². The van der Waals surface area contributed by atoms with Gasteiger partial charge in [0.05, 0.1) is 11.8 Å². The van der Waals surface area contributed by atoms with Crippen molar-refractivity contribution in [2.75, 3.05) is 11.1 Å². The highest BCUT2D eigenvalue weighted by Crippen LogP contribution is 2.30. The van der Waals surface area contributed by atoms with Gasteiger partial charge in [0, 0.05) is 5.69 Å². The summed E-state index contributed by atoms with van der Waals surface area (Å²) in [6.45, 7) is 0. The van der Waals surface area contributed by atoms with Crippen LogP contribution in [0.3, 0.4) is 0 Å². The quantitative estimate of drug-likeness (QED) is 0.825. The summed E-state index contributed by atoms with van der Waals surface area (Å²) >= 11 is 0. The van der Waals surface area contributed by atoms with Crippen molar-refractivity contribution < 1.29 is 17.6 Å². The Kier molecular flexibility index (Phi) is 3.24. The fourth-order valence-electron chi connectivity index (χ4n) is 1.31. The molecule has 4 nitrogen and oxygen atoms in total. The summed E-state index contributed by atoms with van der Waals surface area (Å²) in [5.41, 5.74) is 4.81. The largest absolute Gasteiger partial charge is 0.416 e. The third kappa shape index (κ3) is 3.09. The molecule has 3 N–H and O–H groups in total. The van der Waals surface area contributed by atoms with Crippen LogP contribution in [0, 0.1) is 5.82 Å². The second-order valence-electron chi connectivity index (χ2n) is 3.63. The van der Waals surface area contributed by atoms with Crippen molar-refractivity contribution in [3.63, 3.8) is 0 Å². The molecule has 19 heavy (non-hydrogen) atoms. The van der Waals surface area contributed by atoms with Gasteiger partial charge in [-0.2, -0.15) is 18.2 Å². The van der Waals surface area contributed by atoms with Crippen LogP contribution in [0.5, 0.6) is 0 Å². The average molecular weight is 272 g/mol. The number of nitrogens with one attached hydrogen (secondary N) is 1. The Morgan fingerprint density at radius 2 is 1.74 bits per heavy atom. The third-order valence-electron chi connectivity index (χ3n) is 2.24. The minimum atomic E-state index is -4.39. The Labute approximate surface area is 105 Å². The molecule has 0 radical (unpaired) electrons. The average Bonchev–Trinajstić information content (AvgIpc) is 2.33. The van der Waals surface area contributed by atoms with Crippen LogP contribution in [0.2, 0.25) is 0 Å². The van der Waals surface area contributed by atoms with E-state index in [1.54, 1.807) is 0 Å². The smallest absolute Gasteiger partial charge is 0.381 e. The fourth-order valence-corrected chi connectivity index (χ4v) is 1.31. The molecule has 0 amide bonds. The maximum atomic E-state index is 12.8. The summed E-state index contributed by atoms with van der Waals surface area (Å²) in [6.07, 6.45) is -3.52. The number of nitrogens with zero attached hydrogens (tertiary/aromatic N) is 2. The van der Waals surface area contributed by atoms with Gasteiger partial charge in [0.25, 0.3) is 0 Å². The summed E-state index contributed by atoms with van der Waals surface area (Å²) in [5.74, 6) is -1.11. The first-order valence-electron chi connectivity index (χ1n) is 5.08. The van der Waals surface area contributed by atoms with Gasteiger partial charge in [0.1, 0.15) is 0 Å². The number of aromatic nitrogens is 2. The Bertz CT molecular complexity index is 580. The van der Waals surface area contributed by atoms with Gasteiger partial charge in [-0.3, -0.25) is 0 Å². The van der Waals surface area contributed by atoms with Crippen molar-refractivity contribution in [1.29, 1.82) is 0 Å². The van der Waals surface area contributed by atoms with E-state index in [1.807, 2.05) is 0 Å². The Morgan fingerprint density at radius 1 is 1.11 bits per heavy atom. The zero-order valence-corrected chi connectivity index (χ0v) is 9.37. The first kappa shape index (κ1) is 13.1. The van der Waals surface area contributed by atoms with Crippen LogP contribution in [0.25, 0.3) is 0 Å².